The molecule has 0 bridgehead atoms. The average molecular weight is 426 g/mol. The van der Waals surface area contributed by atoms with E-state index in [2.05, 4.69) is 4.72 Å². The van der Waals surface area contributed by atoms with Gasteiger partial charge in [-0.2, -0.15) is 0 Å². The molecule has 9 heteroatoms. The molecule has 1 heterocycles. The molecule has 0 radical (unpaired) electrons. The predicted molar refractivity (Wildman–Crippen MR) is 120 cm³/mol. The Kier molecular flexibility index (Phi) is 4.62. The number of sulfonamides is 1. The summed E-state index contributed by atoms with van der Waals surface area (Å²) in [7, 11) is 0.909. The third-order valence-electron chi connectivity index (χ3n) is 5.11. The zero-order chi connectivity index (χ0) is 21.6. The fourth-order valence-corrected chi connectivity index (χ4v) is 4.67. The first kappa shape index (κ1) is 19.7. The van der Waals surface area contributed by atoms with E-state index in [1.807, 2.05) is 23.7 Å². The Labute approximate surface area is 174 Å². The van der Waals surface area contributed by atoms with E-state index in [0.29, 0.717) is 22.9 Å². The van der Waals surface area contributed by atoms with Gasteiger partial charge in [-0.25, -0.2) is 8.42 Å². The Morgan fingerprint density at radius 1 is 0.867 bits per heavy atom. The van der Waals surface area contributed by atoms with E-state index >= 15 is 0 Å². The van der Waals surface area contributed by atoms with Gasteiger partial charge in [0.1, 0.15) is 11.5 Å². The Balaban J connectivity index is 1.83. The van der Waals surface area contributed by atoms with Crippen molar-refractivity contribution in [2.75, 3.05) is 30.4 Å². The van der Waals surface area contributed by atoms with Gasteiger partial charge in [0, 0.05) is 41.2 Å². The van der Waals surface area contributed by atoms with Crippen LogP contribution in [-0.4, -0.2) is 27.2 Å². The summed E-state index contributed by atoms with van der Waals surface area (Å²) in [6.45, 7) is 0. The van der Waals surface area contributed by atoms with Crippen molar-refractivity contribution in [3.05, 3.63) is 48.5 Å². The number of nitrogens with two attached hydrogens (primary N) is 2. The van der Waals surface area contributed by atoms with E-state index in [-0.39, 0.29) is 10.6 Å². The van der Waals surface area contributed by atoms with E-state index in [9.17, 15) is 8.42 Å². The second-order valence-corrected chi connectivity index (χ2v) is 8.60. The molecule has 0 atom stereocenters. The highest BCUT2D eigenvalue weighted by atomic mass is 32.2. The molecule has 8 nitrogen and oxygen atoms in total. The number of benzene rings is 3. The molecule has 0 saturated carbocycles. The van der Waals surface area contributed by atoms with Gasteiger partial charge in [-0.1, -0.05) is 6.07 Å². The second-order valence-electron chi connectivity index (χ2n) is 6.91. The standard InChI is InChI=1S/C21H22N4O4S/c1-25-18-7-5-13(9-15(18)14-6-4-12(22)8-19(14)25)30(26,27)24-17-11-20(28-2)16(23)10-21(17)29-3/h4-11,24H,22-23H2,1-3H3. The lowest BCUT2D eigenvalue weighted by atomic mass is 10.1. The number of hydrogen-bond acceptors (Lipinski definition) is 6. The van der Waals surface area contributed by atoms with Crippen LogP contribution < -0.4 is 25.7 Å². The highest BCUT2D eigenvalue weighted by molar-refractivity contribution is 7.92. The third kappa shape index (κ3) is 3.13. The van der Waals surface area contributed by atoms with Gasteiger partial charge in [-0.15, -0.1) is 0 Å². The average Bonchev–Trinajstić information content (AvgIpc) is 3.00. The largest absolute Gasteiger partial charge is 0.495 e. The van der Waals surface area contributed by atoms with Crippen molar-refractivity contribution in [2.24, 2.45) is 7.05 Å². The van der Waals surface area contributed by atoms with Gasteiger partial charge in [0.25, 0.3) is 10.0 Å². The Bertz CT molecular complexity index is 1390. The van der Waals surface area contributed by atoms with Crippen LogP contribution in [-0.2, 0) is 17.1 Å². The predicted octanol–water partition coefficient (Wildman–Crippen LogP) is 3.31. The lowest BCUT2D eigenvalue weighted by Crippen LogP contribution is -2.14. The first-order valence-corrected chi connectivity index (χ1v) is 10.6. The number of nitrogens with zero attached hydrogens (tertiary/aromatic N) is 1. The maximum absolute atomic E-state index is 13.1. The fourth-order valence-electron chi connectivity index (χ4n) is 3.58. The summed E-state index contributed by atoms with van der Waals surface area (Å²) in [5, 5.41) is 1.74. The van der Waals surface area contributed by atoms with E-state index in [1.165, 1.54) is 26.4 Å². The number of nitrogens with one attached hydrogen (secondary N) is 1. The smallest absolute Gasteiger partial charge is 0.262 e. The van der Waals surface area contributed by atoms with Gasteiger partial charge in [0.15, 0.2) is 0 Å². The van der Waals surface area contributed by atoms with Crippen LogP contribution in [0.25, 0.3) is 21.8 Å². The van der Waals surface area contributed by atoms with E-state index in [4.69, 9.17) is 20.9 Å². The van der Waals surface area contributed by atoms with Crippen molar-refractivity contribution in [3.63, 3.8) is 0 Å². The molecule has 4 aromatic rings. The summed E-state index contributed by atoms with van der Waals surface area (Å²) in [5.41, 5.74) is 14.8. The monoisotopic (exact) mass is 426 g/mol. The summed E-state index contributed by atoms with van der Waals surface area (Å²) >= 11 is 0. The maximum Gasteiger partial charge on any atom is 0.262 e. The molecule has 1 aromatic heterocycles. The molecule has 0 spiro atoms. The second kappa shape index (κ2) is 7.03. The number of aromatic nitrogens is 1. The summed E-state index contributed by atoms with van der Waals surface area (Å²) in [6, 6.07) is 13.6. The first-order valence-electron chi connectivity index (χ1n) is 9.07. The molecule has 0 unspecified atom stereocenters. The SMILES string of the molecule is COc1cc(NS(=O)(=O)c2ccc3c(c2)c2ccc(N)cc2n3C)c(OC)cc1N. The molecule has 0 aliphatic heterocycles. The van der Waals surface area contributed by atoms with Crippen LogP contribution >= 0.6 is 0 Å². The Hall–Kier alpha value is -3.59. The normalized spacial score (nSPS) is 11.7. The number of ether oxygens (including phenoxy) is 2. The van der Waals surface area contributed by atoms with Crippen LogP contribution in [0.4, 0.5) is 17.1 Å². The van der Waals surface area contributed by atoms with E-state index in [0.717, 1.165) is 21.8 Å². The van der Waals surface area contributed by atoms with Crippen LogP contribution in [0, 0.1) is 0 Å². The molecule has 0 aliphatic carbocycles. The molecule has 5 N–H and O–H groups in total. The van der Waals surface area contributed by atoms with Crippen molar-refractivity contribution >= 4 is 48.9 Å². The highest BCUT2D eigenvalue weighted by Crippen LogP contribution is 2.36. The van der Waals surface area contributed by atoms with Crippen LogP contribution in [0.15, 0.2) is 53.4 Å². The number of methoxy groups -OCH3 is 2. The molecule has 3 aromatic carbocycles. The highest BCUT2D eigenvalue weighted by Gasteiger charge is 2.20. The molecule has 30 heavy (non-hydrogen) atoms. The summed E-state index contributed by atoms with van der Waals surface area (Å²) in [6.07, 6.45) is 0. The summed E-state index contributed by atoms with van der Waals surface area (Å²) in [5.74, 6) is 0.634. The van der Waals surface area contributed by atoms with Gasteiger partial charge in [0.05, 0.1) is 36.0 Å². The molecular weight excluding hydrogens is 404 g/mol. The van der Waals surface area contributed by atoms with Crippen molar-refractivity contribution in [3.8, 4) is 11.5 Å². The molecule has 0 aliphatic rings. The minimum absolute atomic E-state index is 0.122. The van der Waals surface area contributed by atoms with Crippen LogP contribution in [0.2, 0.25) is 0 Å². The van der Waals surface area contributed by atoms with Crippen molar-refractivity contribution in [1.29, 1.82) is 0 Å². The van der Waals surface area contributed by atoms with Gasteiger partial charge in [0.2, 0.25) is 0 Å². The molecular formula is C21H22N4O4S. The van der Waals surface area contributed by atoms with Gasteiger partial charge in [-0.3, -0.25) is 4.72 Å². The number of rotatable bonds is 5. The van der Waals surface area contributed by atoms with Crippen molar-refractivity contribution in [1.82, 2.24) is 4.57 Å². The Morgan fingerprint density at radius 3 is 2.30 bits per heavy atom. The topological polar surface area (TPSA) is 122 Å². The summed E-state index contributed by atoms with van der Waals surface area (Å²) in [4.78, 5) is 0.122. The first-order chi connectivity index (χ1) is 14.2. The van der Waals surface area contributed by atoms with Crippen LogP contribution in [0.3, 0.4) is 0 Å². The number of nitrogen functional groups attached to an aromatic ring is 2. The van der Waals surface area contributed by atoms with Crippen LogP contribution in [0.1, 0.15) is 0 Å². The van der Waals surface area contributed by atoms with Gasteiger partial charge in [-0.05, 0) is 30.3 Å². The van der Waals surface area contributed by atoms with E-state index < -0.39 is 10.0 Å². The zero-order valence-electron chi connectivity index (χ0n) is 16.8. The van der Waals surface area contributed by atoms with Crippen molar-refractivity contribution in [2.45, 2.75) is 4.90 Å². The van der Waals surface area contributed by atoms with Gasteiger partial charge < -0.3 is 25.5 Å². The number of fused-ring (bicyclic) bond motifs is 3. The fraction of sp³-hybridized carbons (Fsp3) is 0.143. The molecule has 0 saturated heterocycles. The number of hydrogen-bond donors (Lipinski definition) is 3. The van der Waals surface area contributed by atoms with Crippen LogP contribution in [0.5, 0.6) is 11.5 Å². The maximum atomic E-state index is 13.1. The third-order valence-corrected chi connectivity index (χ3v) is 6.47. The Morgan fingerprint density at radius 2 is 1.60 bits per heavy atom. The van der Waals surface area contributed by atoms with Gasteiger partial charge >= 0.3 is 0 Å². The van der Waals surface area contributed by atoms with Crippen molar-refractivity contribution < 1.29 is 17.9 Å². The quantitative estimate of drug-likeness (QED) is 0.421. The van der Waals surface area contributed by atoms with E-state index in [1.54, 1.807) is 24.3 Å². The lowest BCUT2D eigenvalue weighted by Gasteiger charge is -2.15. The molecule has 0 amide bonds. The lowest BCUT2D eigenvalue weighted by molar-refractivity contribution is 0.406. The number of anilines is 3. The molecule has 156 valence electrons. The number of aryl methyl sites for hydroxylation is 1. The minimum atomic E-state index is -3.90. The summed E-state index contributed by atoms with van der Waals surface area (Å²) < 4.78 is 41.3. The molecule has 0 fully saturated rings. The molecule has 4 rings (SSSR count). The minimum Gasteiger partial charge on any atom is -0.495 e. The zero-order valence-corrected chi connectivity index (χ0v) is 17.6.